The molecule has 1 aromatic heterocycles. The Balaban J connectivity index is 2.06. The zero-order valence-corrected chi connectivity index (χ0v) is 12.3. The molecule has 0 saturated carbocycles. The first-order valence-corrected chi connectivity index (χ1v) is 7.37. The largest absolute Gasteiger partial charge is 0.420 e. The smallest absolute Gasteiger partial charge is 0.249 e. The van der Waals surface area contributed by atoms with Crippen molar-refractivity contribution in [1.29, 1.82) is 0 Å². The third kappa shape index (κ3) is 3.72. The van der Waals surface area contributed by atoms with Crippen LogP contribution < -0.4 is 0 Å². The minimum absolute atomic E-state index is 0.121. The SMILES string of the molecule is CC(O)C(C)SCc1nnc(-c2ccccc2Cl)o1. The molecule has 1 heterocycles. The van der Waals surface area contributed by atoms with Crippen LogP contribution in [0.15, 0.2) is 28.7 Å². The Bertz CT molecular complexity index is 545. The molecule has 102 valence electrons. The van der Waals surface area contributed by atoms with Crippen LogP contribution in [0.3, 0.4) is 0 Å². The molecular weight excluding hydrogens is 284 g/mol. The zero-order chi connectivity index (χ0) is 13.8. The lowest BCUT2D eigenvalue weighted by molar-refractivity contribution is 0.196. The fraction of sp³-hybridized carbons (Fsp3) is 0.385. The lowest BCUT2D eigenvalue weighted by Crippen LogP contribution is -2.15. The highest BCUT2D eigenvalue weighted by atomic mass is 35.5. The van der Waals surface area contributed by atoms with Gasteiger partial charge in [0.2, 0.25) is 11.8 Å². The Morgan fingerprint density at radius 1 is 1.32 bits per heavy atom. The molecule has 0 fully saturated rings. The van der Waals surface area contributed by atoms with Gasteiger partial charge in [-0.15, -0.1) is 22.0 Å². The second-order valence-electron chi connectivity index (χ2n) is 4.24. The highest BCUT2D eigenvalue weighted by Crippen LogP contribution is 2.27. The van der Waals surface area contributed by atoms with E-state index in [0.29, 0.717) is 22.6 Å². The summed E-state index contributed by atoms with van der Waals surface area (Å²) >= 11 is 7.64. The molecule has 2 unspecified atom stereocenters. The number of aliphatic hydroxyl groups is 1. The maximum absolute atomic E-state index is 9.41. The summed E-state index contributed by atoms with van der Waals surface area (Å²) in [4.78, 5) is 0. The normalized spacial score (nSPS) is 14.3. The van der Waals surface area contributed by atoms with E-state index in [9.17, 15) is 5.11 Å². The highest BCUT2D eigenvalue weighted by Gasteiger charge is 2.14. The summed E-state index contributed by atoms with van der Waals surface area (Å²) in [5.41, 5.74) is 0.733. The molecule has 6 heteroatoms. The number of halogens is 1. The molecule has 2 rings (SSSR count). The van der Waals surface area contributed by atoms with E-state index >= 15 is 0 Å². The zero-order valence-electron chi connectivity index (χ0n) is 10.7. The monoisotopic (exact) mass is 298 g/mol. The maximum atomic E-state index is 9.41. The van der Waals surface area contributed by atoms with Crippen LogP contribution in [0.1, 0.15) is 19.7 Å². The van der Waals surface area contributed by atoms with Crippen molar-refractivity contribution < 1.29 is 9.52 Å². The van der Waals surface area contributed by atoms with Crippen molar-refractivity contribution in [3.05, 3.63) is 35.2 Å². The van der Waals surface area contributed by atoms with Crippen LogP contribution in [-0.4, -0.2) is 26.7 Å². The van der Waals surface area contributed by atoms with Crippen LogP contribution >= 0.6 is 23.4 Å². The first-order chi connectivity index (χ1) is 9.08. The number of benzene rings is 1. The molecule has 0 spiro atoms. The van der Waals surface area contributed by atoms with Crippen LogP contribution in [0.2, 0.25) is 5.02 Å². The molecular formula is C13H15ClN2O2S. The van der Waals surface area contributed by atoms with Gasteiger partial charge in [-0.25, -0.2) is 0 Å². The lowest BCUT2D eigenvalue weighted by Gasteiger charge is -2.11. The number of thioether (sulfide) groups is 1. The average Bonchev–Trinajstić information content (AvgIpc) is 2.85. The van der Waals surface area contributed by atoms with Crippen molar-refractivity contribution in [3.8, 4) is 11.5 Å². The Labute approximate surface area is 121 Å². The van der Waals surface area contributed by atoms with Gasteiger partial charge in [-0.1, -0.05) is 30.7 Å². The minimum atomic E-state index is -0.365. The molecule has 0 aliphatic carbocycles. The van der Waals surface area contributed by atoms with Crippen molar-refractivity contribution in [2.75, 3.05) is 0 Å². The minimum Gasteiger partial charge on any atom is -0.420 e. The van der Waals surface area contributed by atoms with E-state index in [0.717, 1.165) is 5.56 Å². The van der Waals surface area contributed by atoms with Gasteiger partial charge in [0.25, 0.3) is 0 Å². The van der Waals surface area contributed by atoms with Gasteiger partial charge in [-0.2, -0.15) is 0 Å². The molecule has 0 amide bonds. The van der Waals surface area contributed by atoms with E-state index in [-0.39, 0.29) is 11.4 Å². The summed E-state index contributed by atoms with van der Waals surface area (Å²) in [6.45, 7) is 3.72. The molecule has 0 saturated heterocycles. The van der Waals surface area contributed by atoms with Crippen molar-refractivity contribution >= 4 is 23.4 Å². The number of hydrogen-bond acceptors (Lipinski definition) is 5. The van der Waals surface area contributed by atoms with Gasteiger partial charge in [-0.05, 0) is 19.1 Å². The molecule has 0 aliphatic rings. The van der Waals surface area contributed by atoms with E-state index in [1.54, 1.807) is 24.8 Å². The first kappa shape index (κ1) is 14.4. The van der Waals surface area contributed by atoms with Gasteiger partial charge in [0, 0.05) is 5.25 Å². The molecule has 2 atom stereocenters. The van der Waals surface area contributed by atoms with Crippen LogP contribution in [-0.2, 0) is 5.75 Å². The predicted molar refractivity (Wildman–Crippen MR) is 77.2 cm³/mol. The van der Waals surface area contributed by atoms with E-state index in [1.807, 2.05) is 25.1 Å². The van der Waals surface area contributed by atoms with Crippen LogP contribution in [0, 0.1) is 0 Å². The molecule has 1 aromatic carbocycles. The molecule has 19 heavy (non-hydrogen) atoms. The fourth-order valence-electron chi connectivity index (χ4n) is 1.40. The van der Waals surface area contributed by atoms with Gasteiger partial charge < -0.3 is 9.52 Å². The first-order valence-electron chi connectivity index (χ1n) is 5.95. The summed E-state index contributed by atoms with van der Waals surface area (Å²) in [7, 11) is 0. The van der Waals surface area contributed by atoms with Crippen molar-refractivity contribution in [2.24, 2.45) is 0 Å². The van der Waals surface area contributed by atoms with E-state index in [2.05, 4.69) is 10.2 Å². The second-order valence-corrected chi connectivity index (χ2v) is 6.01. The van der Waals surface area contributed by atoms with E-state index < -0.39 is 0 Å². The van der Waals surface area contributed by atoms with Crippen LogP contribution in [0.5, 0.6) is 0 Å². The molecule has 0 aliphatic heterocycles. The van der Waals surface area contributed by atoms with Crippen molar-refractivity contribution in [2.45, 2.75) is 31.0 Å². The van der Waals surface area contributed by atoms with Crippen molar-refractivity contribution in [3.63, 3.8) is 0 Å². The van der Waals surface area contributed by atoms with E-state index in [4.69, 9.17) is 16.0 Å². The Kier molecular flexibility index (Phi) is 4.85. The van der Waals surface area contributed by atoms with Crippen LogP contribution in [0.4, 0.5) is 0 Å². The van der Waals surface area contributed by atoms with Gasteiger partial charge >= 0.3 is 0 Å². The number of rotatable bonds is 5. The summed E-state index contributed by atoms with van der Waals surface area (Å²) in [5.74, 6) is 1.53. The molecule has 1 N–H and O–H groups in total. The predicted octanol–water partition coefficient (Wildman–Crippen LogP) is 3.39. The van der Waals surface area contributed by atoms with Gasteiger partial charge in [-0.3, -0.25) is 0 Å². The maximum Gasteiger partial charge on any atom is 0.249 e. The quantitative estimate of drug-likeness (QED) is 0.917. The average molecular weight is 299 g/mol. The number of nitrogens with zero attached hydrogens (tertiary/aromatic N) is 2. The molecule has 4 nitrogen and oxygen atoms in total. The molecule has 0 radical (unpaired) electrons. The lowest BCUT2D eigenvalue weighted by atomic mass is 10.2. The van der Waals surface area contributed by atoms with Crippen LogP contribution in [0.25, 0.3) is 11.5 Å². The van der Waals surface area contributed by atoms with Gasteiger partial charge in [0.1, 0.15) is 0 Å². The molecule has 0 bridgehead atoms. The van der Waals surface area contributed by atoms with Gasteiger partial charge in [0.15, 0.2) is 0 Å². The number of aromatic nitrogens is 2. The number of aliphatic hydroxyl groups excluding tert-OH is 1. The summed E-state index contributed by atoms with van der Waals surface area (Å²) in [6.07, 6.45) is -0.365. The summed E-state index contributed by atoms with van der Waals surface area (Å²) < 4.78 is 5.57. The van der Waals surface area contributed by atoms with Crippen molar-refractivity contribution in [1.82, 2.24) is 10.2 Å². The van der Waals surface area contributed by atoms with E-state index in [1.165, 1.54) is 0 Å². The Morgan fingerprint density at radius 3 is 2.74 bits per heavy atom. The Morgan fingerprint density at radius 2 is 2.05 bits per heavy atom. The Hall–Kier alpha value is -1.04. The summed E-state index contributed by atoms with van der Waals surface area (Å²) in [5, 5.41) is 18.1. The fourth-order valence-corrected chi connectivity index (χ4v) is 2.41. The third-order valence-corrected chi connectivity index (χ3v) is 4.38. The van der Waals surface area contributed by atoms with Gasteiger partial charge in [0.05, 0.1) is 22.4 Å². The third-order valence-electron chi connectivity index (χ3n) is 2.72. The standard InChI is InChI=1S/C13H15ClN2O2S/c1-8(17)9(2)19-7-12-15-16-13(18-12)10-5-3-4-6-11(10)14/h3-6,8-9,17H,7H2,1-2H3. The topological polar surface area (TPSA) is 59.2 Å². The highest BCUT2D eigenvalue weighted by molar-refractivity contribution is 7.99. The molecule has 2 aromatic rings. The second kappa shape index (κ2) is 6.41. The summed E-state index contributed by atoms with van der Waals surface area (Å²) in [6, 6.07) is 7.34. The number of hydrogen-bond donors (Lipinski definition) is 1.